The molecule has 2 aliphatic heterocycles. The second kappa shape index (κ2) is 8.70. The second-order valence-corrected chi connectivity index (χ2v) is 8.14. The van der Waals surface area contributed by atoms with Gasteiger partial charge in [0.25, 0.3) is 5.91 Å². The number of ether oxygens (including phenoxy) is 3. The molecule has 0 aromatic heterocycles. The number of carbonyl (C=O) groups is 2. The van der Waals surface area contributed by atoms with Gasteiger partial charge in [-0.15, -0.1) is 0 Å². The van der Waals surface area contributed by atoms with Crippen molar-refractivity contribution in [1.29, 1.82) is 0 Å². The van der Waals surface area contributed by atoms with Crippen molar-refractivity contribution in [3.05, 3.63) is 35.1 Å². The van der Waals surface area contributed by atoms with Gasteiger partial charge in [-0.3, -0.25) is 9.59 Å². The molecule has 162 valence electrons. The summed E-state index contributed by atoms with van der Waals surface area (Å²) in [5.41, 5.74) is 1.38. The highest BCUT2D eigenvalue weighted by Crippen LogP contribution is 2.47. The van der Waals surface area contributed by atoms with E-state index in [4.69, 9.17) is 14.2 Å². The number of amides is 1. The van der Waals surface area contributed by atoms with Crippen LogP contribution in [0.2, 0.25) is 0 Å². The SMILES string of the molecule is CCCOc1ccc(C2C3=C(OC4CCCCC4C3=O)C(=O)N2CC)cc1OCC. The third-order valence-corrected chi connectivity index (χ3v) is 6.24. The minimum absolute atomic E-state index is 0.0829. The number of ketones is 1. The Morgan fingerprint density at radius 2 is 1.87 bits per heavy atom. The molecule has 0 radical (unpaired) electrons. The lowest BCUT2D eigenvalue weighted by molar-refractivity contribution is -0.135. The van der Waals surface area contributed by atoms with Crippen molar-refractivity contribution in [3.8, 4) is 11.5 Å². The Bertz CT molecular complexity index is 861. The van der Waals surface area contributed by atoms with Crippen LogP contribution in [0.1, 0.15) is 64.5 Å². The highest BCUT2D eigenvalue weighted by molar-refractivity contribution is 6.11. The molecule has 1 aromatic carbocycles. The average molecular weight is 414 g/mol. The molecule has 2 heterocycles. The molecule has 4 rings (SSSR count). The molecule has 1 aromatic rings. The number of Topliss-reactive ketones (excluding diaryl/α,β-unsaturated/α-hetero) is 1. The normalized spacial score (nSPS) is 25.7. The Hall–Kier alpha value is -2.50. The number of benzene rings is 1. The zero-order valence-electron chi connectivity index (χ0n) is 18.1. The lowest BCUT2D eigenvalue weighted by Crippen LogP contribution is -2.39. The van der Waals surface area contributed by atoms with Crippen LogP contribution in [-0.2, 0) is 14.3 Å². The Balaban J connectivity index is 1.74. The van der Waals surface area contributed by atoms with E-state index in [2.05, 4.69) is 6.92 Å². The summed E-state index contributed by atoms with van der Waals surface area (Å²) in [5, 5.41) is 0. The van der Waals surface area contributed by atoms with Crippen molar-refractivity contribution >= 4 is 11.7 Å². The van der Waals surface area contributed by atoms with E-state index in [0.29, 0.717) is 36.8 Å². The smallest absolute Gasteiger partial charge is 0.290 e. The van der Waals surface area contributed by atoms with Crippen LogP contribution in [0.15, 0.2) is 29.5 Å². The van der Waals surface area contributed by atoms with Crippen LogP contribution >= 0.6 is 0 Å². The molecule has 3 aliphatic rings. The van der Waals surface area contributed by atoms with Gasteiger partial charge in [0.1, 0.15) is 6.10 Å². The fourth-order valence-electron chi connectivity index (χ4n) is 4.86. The maximum atomic E-state index is 13.5. The molecule has 1 aliphatic carbocycles. The van der Waals surface area contributed by atoms with E-state index in [1.807, 2.05) is 32.0 Å². The van der Waals surface area contributed by atoms with Crippen molar-refractivity contribution in [1.82, 2.24) is 4.90 Å². The van der Waals surface area contributed by atoms with Crippen LogP contribution < -0.4 is 9.47 Å². The molecule has 0 spiro atoms. The quantitative estimate of drug-likeness (QED) is 0.671. The van der Waals surface area contributed by atoms with E-state index in [-0.39, 0.29) is 29.5 Å². The van der Waals surface area contributed by atoms with Gasteiger partial charge in [0, 0.05) is 6.54 Å². The van der Waals surface area contributed by atoms with Gasteiger partial charge < -0.3 is 19.1 Å². The van der Waals surface area contributed by atoms with Crippen molar-refractivity contribution in [2.24, 2.45) is 5.92 Å². The van der Waals surface area contributed by atoms with Crippen molar-refractivity contribution in [2.75, 3.05) is 19.8 Å². The minimum Gasteiger partial charge on any atom is -0.490 e. The van der Waals surface area contributed by atoms with Crippen molar-refractivity contribution in [2.45, 2.75) is 65.0 Å². The fourth-order valence-corrected chi connectivity index (χ4v) is 4.86. The van der Waals surface area contributed by atoms with Crippen LogP contribution in [0.3, 0.4) is 0 Å². The first kappa shape index (κ1) is 20.8. The van der Waals surface area contributed by atoms with E-state index >= 15 is 0 Å². The van der Waals surface area contributed by atoms with Gasteiger partial charge in [0.05, 0.1) is 30.7 Å². The number of hydrogen-bond donors (Lipinski definition) is 0. The molecule has 3 atom stereocenters. The first-order valence-corrected chi connectivity index (χ1v) is 11.3. The number of fused-ring (bicyclic) bond motifs is 1. The standard InChI is InChI=1S/C24H31NO5/c1-4-13-29-18-12-11-15(14-19(18)28-6-3)21-20-22(26)16-9-7-8-10-17(16)30-23(20)24(27)25(21)5-2/h11-12,14,16-17,21H,4-10,13H2,1-3H3. The van der Waals surface area contributed by atoms with Gasteiger partial charge >= 0.3 is 0 Å². The summed E-state index contributed by atoms with van der Waals surface area (Å²) in [4.78, 5) is 28.3. The molecule has 0 saturated heterocycles. The second-order valence-electron chi connectivity index (χ2n) is 8.14. The van der Waals surface area contributed by atoms with Crippen LogP contribution in [0.25, 0.3) is 0 Å². The van der Waals surface area contributed by atoms with Gasteiger partial charge in [-0.25, -0.2) is 0 Å². The Morgan fingerprint density at radius 1 is 1.07 bits per heavy atom. The molecule has 3 unspecified atom stereocenters. The highest BCUT2D eigenvalue weighted by atomic mass is 16.5. The molecule has 1 fully saturated rings. The van der Waals surface area contributed by atoms with E-state index < -0.39 is 6.04 Å². The van der Waals surface area contributed by atoms with Gasteiger partial charge in [-0.05, 0) is 57.2 Å². The predicted octanol–water partition coefficient (Wildman–Crippen LogP) is 4.19. The summed E-state index contributed by atoms with van der Waals surface area (Å²) in [6.07, 6.45) is 4.50. The lowest BCUT2D eigenvalue weighted by Gasteiger charge is -2.35. The summed E-state index contributed by atoms with van der Waals surface area (Å²) in [7, 11) is 0. The van der Waals surface area contributed by atoms with E-state index in [0.717, 1.165) is 37.7 Å². The Morgan fingerprint density at radius 3 is 2.60 bits per heavy atom. The minimum atomic E-state index is -0.438. The zero-order chi connectivity index (χ0) is 21.3. The van der Waals surface area contributed by atoms with Crippen LogP contribution in [0.5, 0.6) is 11.5 Å². The summed E-state index contributed by atoms with van der Waals surface area (Å²) < 4.78 is 17.8. The molecule has 30 heavy (non-hydrogen) atoms. The molecule has 1 saturated carbocycles. The van der Waals surface area contributed by atoms with E-state index in [9.17, 15) is 9.59 Å². The monoisotopic (exact) mass is 413 g/mol. The maximum Gasteiger partial charge on any atom is 0.290 e. The summed E-state index contributed by atoms with van der Waals surface area (Å²) in [5.74, 6) is 1.35. The summed E-state index contributed by atoms with van der Waals surface area (Å²) in [6.45, 7) is 7.53. The Labute approximate surface area is 178 Å². The molecular formula is C24H31NO5. The van der Waals surface area contributed by atoms with Gasteiger partial charge in [-0.2, -0.15) is 0 Å². The number of likely N-dealkylation sites (N-methyl/N-ethyl adjacent to an activating group) is 1. The van der Waals surface area contributed by atoms with Crippen molar-refractivity contribution in [3.63, 3.8) is 0 Å². The lowest BCUT2D eigenvalue weighted by atomic mass is 9.77. The third kappa shape index (κ3) is 3.46. The summed E-state index contributed by atoms with van der Waals surface area (Å²) >= 11 is 0. The zero-order valence-corrected chi connectivity index (χ0v) is 18.1. The van der Waals surface area contributed by atoms with Gasteiger partial charge in [0.2, 0.25) is 0 Å². The number of nitrogens with zero attached hydrogens (tertiary/aromatic N) is 1. The number of hydrogen-bond acceptors (Lipinski definition) is 5. The molecular weight excluding hydrogens is 382 g/mol. The first-order valence-electron chi connectivity index (χ1n) is 11.3. The van der Waals surface area contributed by atoms with E-state index in [1.54, 1.807) is 4.90 Å². The topological polar surface area (TPSA) is 65.1 Å². The maximum absolute atomic E-state index is 13.5. The molecule has 1 amide bonds. The van der Waals surface area contributed by atoms with Gasteiger partial charge in [0.15, 0.2) is 23.0 Å². The summed E-state index contributed by atoms with van der Waals surface area (Å²) in [6, 6.07) is 5.28. The van der Waals surface area contributed by atoms with Crippen LogP contribution in [0.4, 0.5) is 0 Å². The van der Waals surface area contributed by atoms with Crippen LogP contribution in [0, 0.1) is 5.92 Å². The predicted molar refractivity (Wildman–Crippen MR) is 112 cm³/mol. The van der Waals surface area contributed by atoms with Crippen LogP contribution in [-0.4, -0.2) is 42.5 Å². The largest absolute Gasteiger partial charge is 0.490 e. The number of carbonyl (C=O) groups excluding carboxylic acids is 2. The van der Waals surface area contributed by atoms with Crippen molar-refractivity contribution < 1.29 is 23.8 Å². The molecule has 6 heteroatoms. The van der Waals surface area contributed by atoms with E-state index in [1.165, 1.54) is 0 Å². The first-order chi connectivity index (χ1) is 14.6. The number of rotatable bonds is 7. The highest BCUT2D eigenvalue weighted by Gasteiger charge is 2.51. The average Bonchev–Trinajstić information content (AvgIpc) is 3.05. The molecule has 6 nitrogen and oxygen atoms in total. The third-order valence-electron chi connectivity index (χ3n) is 6.24. The molecule has 0 N–H and O–H groups in total. The fraction of sp³-hybridized carbons (Fsp3) is 0.583. The molecule has 0 bridgehead atoms. The Kier molecular flexibility index (Phi) is 6.02. The van der Waals surface area contributed by atoms with Gasteiger partial charge in [-0.1, -0.05) is 19.4 Å².